The summed E-state index contributed by atoms with van der Waals surface area (Å²) in [6, 6.07) is 18.3. The molecule has 5 rings (SSSR count). The second kappa shape index (κ2) is 11.0. The third kappa shape index (κ3) is 5.35. The summed E-state index contributed by atoms with van der Waals surface area (Å²) in [4.78, 5) is 37.2. The molecule has 38 heavy (non-hydrogen) atoms. The smallest absolute Gasteiger partial charge is 0.309 e. The molecule has 3 heterocycles. The fourth-order valence-corrected chi connectivity index (χ4v) is 4.93. The maximum absolute atomic E-state index is 14.1. The topological polar surface area (TPSA) is 105 Å². The number of nitrogens with one attached hydrogen (secondary N) is 1. The highest BCUT2D eigenvalue weighted by Crippen LogP contribution is 2.32. The number of esters is 1. The Morgan fingerprint density at radius 1 is 1.11 bits per heavy atom. The summed E-state index contributed by atoms with van der Waals surface area (Å²) in [5.74, 6) is -0.352. The van der Waals surface area contributed by atoms with E-state index in [0.717, 1.165) is 36.1 Å². The van der Waals surface area contributed by atoms with Crippen molar-refractivity contribution in [2.75, 3.05) is 27.2 Å². The summed E-state index contributed by atoms with van der Waals surface area (Å²) >= 11 is 0. The Bertz CT molecular complexity index is 1500. The van der Waals surface area contributed by atoms with E-state index in [0.29, 0.717) is 34.4 Å². The van der Waals surface area contributed by atoms with Crippen molar-refractivity contribution in [2.24, 2.45) is 0 Å². The first kappa shape index (κ1) is 25.4. The van der Waals surface area contributed by atoms with Gasteiger partial charge in [0.05, 0.1) is 30.3 Å². The van der Waals surface area contributed by atoms with Crippen molar-refractivity contribution in [3.63, 3.8) is 0 Å². The number of aromatic hydroxyl groups is 1. The van der Waals surface area contributed by atoms with E-state index in [1.807, 2.05) is 49.5 Å². The van der Waals surface area contributed by atoms with E-state index in [-0.39, 0.29) is 30.1 Å². The molecule has 0 unspecified atom stereocenters. The monoisotopic (exact) mass is 510 g/mol. The summed E-state index contributed by atoms with van der Waals surface area (Å²) < 4.78 is 4.83. The summed E-state index contributed by atoms with van der Waals surface area (Å²) in [5.41, 5.74) is 5.07. The molecular weight excluding hydrogens is 480 g/mol. The standard InChI is InChI=1S/C30H30N4O4/c1-34(18-22-9-5-13-31-22)30(37)28-24(20-7-3-6-19(14-20)15-27(36)38-2)17-32-26-12-11-25(33-29(26)28)21-8-4-10-23(35)16-21/h3-4,6-8,10-12,14,16-17,22,31,35H,5,9,13,15,18H2,1-2H3/t22-/m0/s1. The number of fused-ring (bicyclic) bond motifs is 1. The zero-order valence-corrected chi connectivity index (χ0v) is 21.5. The van der Waals surface area contributed by atoms with Crippen molar-refractivity contribution in [2.45, 2.75) is 25.3 Å². The summed E-state index contributed by atoms with van der Waals surface area (Å²) in [6.45, 7) is 1.54. The first-order valence-corrected chi connectivity index (χ1v) is 12.7. The van der Waals surface area contributed by atoms with Crippen molar-refractivity contribution >= 4 is 22.9 Å². The summed E-state index contributed by atoms with van der Waals surface area (Å²) in [6.07, 6.45) is 3.95. The number of likely N-dealkylation sites (N-methyl/N-ethyl adjacent to an activating group) is 1. The molecule has 1 aliphatic heterocycles. The lowest BCUT2D eigenvalue weighted by molar-refractivity contribution is -0.139. The Balaban J connectivity index is 1.65. The van der Waals surface area contributed by atoms with Crippen molar-refractivity contribution in [3.8, 4) is 28.1 Å². The van der Waals surface area contributed by atoms with Gasteiger partial charge in [0.15, 0.2) is 0 Å². The fourth-order valence-electron chi connectivity index (χ4n) is 4.93. The number of amides is 1. The van der Waals surface area contributed by atoms with Gasteiger partial charge in [0.1, 0.15) is 11.3 Å². The highest BCUT2D eigenvalue weighted by molar-refractivity contribution is 6.10. The maximum Gasteiger partial charge on any atom is 0.309 e. The van der Waals surface area contributed by atoms with E-state index in [1.54, 1.807) is 29.3 Å². The highest BCUT2D eigenvalue weighted by Gasteiger charge is 2.25. The molecule has 4 aromatic rings. The van der Waals surface area contributed by atoms with Gasteiger partial charge in [-0.3, -0.25) is 14.6 Å². The number of nitrogens with zero attached hydrogens (tertiary/aromatic N) is 3. The Morgan fingerprint density at radius 2 is 1.92 bits per heavy atom. The second-order valence-corrected chi connectivity index (χ2v) is 9.59. The number of phenols is 1. The van der Waals surface area contributed by atoms with Crippen LogP contribution in [0.5, 0.6) is 5.75 Å². The van der Waals surface area contributed by atoms with Crippen LogP contribution in [0.4, 0.5) is 0 Å². The van der Waals surface area contributed by atoms with Gasteiger partial charge in [0.2, 0.25) is 0 Å². The van der Waals surface area contributed by atoms with Crippen LogP contribution in [-0.2, 0) is 16.0 Å². The first-order chi connectivity index (χ1) is 18.4. The van der Waals surface area contributed by atoms with E-state index >= 15 is 0 Å². The lowest BCUT2D eigenvalue weighted by Gasteiger charge is -2.23. The number of carbonyl (C=O) groups is 2. The molecule has 1 fully saturated rings. The molecule has 0 radical (unpaired) electrons. The molecule has 8 nitrogen and oxygen atoms in total. The van der Waals surface area contributed by atoms with Crippen molar-refractivity contribution in [3.05, 3.63) is 78.0 Å². The average Bonchev–Trinajstić information content (AvgIpc) is 3.44. The number of hydrogen-bond donors (Lipinski definition) is 2. The van der Waals surface area contributed by atoms with Gasteiger partial charge in [-0.15, -0.1) is 0 Å². The van der Waals surface area contributed by atoms with Gasteiger partial charge in [0.25, 0.3) is 5.91 Å². The number of carbonyl (C=O) groups excluding carboxylic acids is 2. The zero-order chi connectivity index (χ0) is 26.6. The van der Waals surface area contributed by atoms with E-state index in [2.05, 4.69) is 10.3 Å². The summed E-state index contributed by atoms with van der Waals surface area (Å²) in [5, 5.41) is 13.5. The molecule has 0 saturated carbocycles. The second-order valence-electron chi connectivity index (χ2n) is 9.59. The number of phenolic OH excluding ortho intramolecular Hbond substituents is 1. The van der Waals surface area contributed by atoms with Gasteiger partial charge >= 0.3 is 5.97 Å². The minimum Gasteiger partial charge on any atom is -0.508 e. The molecular formula is C30H30N4O4. The van der Waals surface area contributed by atoms with E-state index in [9.17, 15) is 14.7 Å². The summed E-state index contributed by atoms with van der Waals surface area (Å²) in [7, 11) is 3.17. The van der Waals surface area contributed by atoms with Gasteiger partial charge in [-0.1, -0.05) is 36.4 Å². The van der Waals surface area contributed by atoms with E-state index < -0.39 is 0 Å². The molecule has 2 aromatic carbocycles. The minimum absolute atomic E-state index is 0.127. The van der Waals surface area contributed by atoms with Crippen molar-refractivity contribution < 1.29 is 19.4 Å². The third-order valence-electron chi connectivity index (χ3n) is 6.89. The molecule has 0 spiro atoms. The number of hydrogen-bond acceptors (Lipinski definition) is 7. The predicted octanol–water partition coefficient (Wildman–Crippen LogP) is 4.21. The number of rotatable bonds is 7. The molecule has 2 aromatic heterocycles. The molecule has 1 aliphatic rings. The Hall–Kier alpha value is -4.30. The SMILES string of the molecule is COC(=O)Cc1cccc(-c2cnc3ccc(-c4cccc(O)c4)nc3c2C(=O)N(C)C[C@@H]2CCCN2)c1. The van der Waals surface area contributed by atoms with Crippen LogP contribution in [0.25, 0.3) is 33.4 Å². The highest BCUT2D eigenvalue weighted by atomic mass is 16.5. The first-order valence-electron chi connectivity index (χ1n) is 12.7. The number of aromatic nitrogens is 2. The number of methoxy groups -OCH3 is 1. The normalized spacial score (nSPS) is 14.9. The molecule has 2 N–H and O–H groups in total. The van der Waals surface area contributed by atoms with Crippen molar-refractivity contribution in [1.29, 1.82) is 0 Å². The Morgan fingerprint density at radius 3 is 2.68 bits per heavy atom. The largest absolute Gasteiger partial charge is 0.508 e. The molecule has 1 amide bonds. The molecule has 1 atom stereocenters. The van der Waals surface area contributed by atoms with Gasteiger partial charge < -0.3 is 20.1 Å². The fraction of sp³-hybridized carbons (Fsp3) is 0.267. The van der Waals surface area contributed by atoms with Crippen LogP contribution in [0, 0.1) is 0 Å². The van der Waals surface area contributed by atoms with Gasteiger partial charge in [-0.2, -0.15) is 0 Å². The zero-order valence-electron chi connectivity index (χ0n) is 21.5. The van der Waals surface area contributed by atoms with Gasteiger partial charge in [-0.05, 0) is 54.8 Å². The van der Waals surface area contributed by atoms with Crippen LogP contribution in [0.2, 0.25) is 0 Å². The lowest BCUT2D eigenvalue weighted by Crippen LogP contribution is -2.39. The predicted molar refractivity (Wildman–Crippen MR) is 146 cm³/mol. The van der Waals surface area contributed by atoms with Crippen LogP contribution in [0.1, 0.15) is 28.8 Å². The molecule has 194 valence electrons. The van der Waals surface area contributed by atoms with Crippen LogP contribution < -0.4 is 5.32 Å². The Kier molecular flexibility index (Phi) is 7.33. The van der Waals surface area contributed by atoms with Gasteiger partial charge in [-0.25, -0.2) is 4.98 Å². The number of pyridine rings is 2. The minimum atomic E-state index is -0.337. The van der Waals surface area contributed by atoms with Crippen LogP contribution in [0.3, 0.4) is 0 Å². The molecule has 0 bridgehead atoms. The van der Waals surface area contributed by atoms with Crippen LogP contribution in [-0.4, -0.2) is 65.1 Å². The molecule has 8 heteroatoms. The Labute approximate surface area is 221 Å². The number of benzene rings is 2. The number of ether oxygens (including phenoxy) is 1. The maximum atomic E-state index is 14.1. The quantitative estimate of drug-likeness (QED) is 0.359. The van der Waals surface area contributed by atoms with E-state index in [4.69, 9.17) is 9.72 Å². The molecule has 1 saturated heterocycles. The lowest BCUT2D eigenvalue weighted by atomic mass is 9.96. The van der Waals surface area contributed by atoms with Crippen LogP contribution in [0.15, 0.2) is 66.9 Å². The third-order valence-corrected chi connectivity index (χ3v) is 6.89. The van der Waals surface area contributed by atoms with E-state index in [1.165, 1.54) is 7.11 Å². The average molecular weight is 511 g/mol. The van der Waals surface area contributed by atoms with Gasteiger partial charge in [0, 0.05) is 37.0 Å². The molecule has 0 aliphatic carbocycles. The van der Waals surface area contributed by atoms with Crippen LogP contribution >= 0.6 is 0 Å². The van der Waals surface area contributed by atoms with Crippen molar-refractivity contribution in [1.82, 2.24) is 20.2 Å².